The Labute approximate surface area is 60.9 Å². The molecule has 3 aliphatic heterocycles. The summed E-state index contributed by atoms with van der Waals surface area (Å²) in [6, 6.07) is 0.698. The topological polar surface area (TPSA) is 24.6 Å². The molecule has 0 spiro atoms. The maximum absolute atomic E-state index is 5.56. The standard InChI is InChI=1S/C8H13NO/c1-8-4-2-3-5(9-8)6-7(8)10-6/h5-7,9H,2-4H2,1H3. The van der Waals surface area contributed by atoms with Crippen LogP contribution < -0.4 is 5.32 Å². The van der Waals surface area contributed by atoms with Crippen molar-refractivity contribution in [2.75, 3.05) is 0 Å². The van der Waals surface area contributed by atoms with Crippen LogP contribution in [-0.2, 0) is 4.74 Å². The first-order valence-electron chi connectivity index (χ1n) is 4.23. The molecule has 10 heavy (non-hydrogen) atoms. The van der Waals surface area contributed by atoms with E-state index >= 15 is 0 Å². The van der Waals surface area contributed by atoms with E-state index in [-0.39, 0.29) is 0 Å². The molecule has 0 aromatic heterocycles. The van der Waals surface area contributed by atoms with Crippen molar-refractivity contribution < 1.29 is 4.74 Å². The first-order chi connectivity index (χ1) is 4.80. The summed E-state index contributed by atoms with van der Waals surface area (Å²) >= 11 is 0. The minimum atomic E-state index is 0.355. The van der Waals surface area contributed by atoms with E-state index in [1.165, 1.54) is 19.3 Å². The van der Waals surface area contributed by atoms with Crippen molar-refractivity contribution in [2.45, 2.75) is 50.0 Å². The van der Waals surface area contributed by atoms with Gasteiger partial charge in [0.1, 0.15) is 12.2 Å². The molecule has 4 unspecified atom stereocenters. The fourth-order valence-electron chi connectivity index (χ4n) is 2.67. The number of fused-ring (bicyclic) bond motifs is 5. The number of piperidine rings is 1. The molecule has 2 nitrogen and oxygen atoms in total. The Morgan fingerprint density at radius 1 is 1.60 bits per heavy atom. The van der Waals surface area contributed by atoms with Crippen LogP contribution in [-0.4, -0.2) is 23.8 Å². The highest BCUT2D eigenvalue weighted by Gasteiger charge is 2.63. The van der Waals surface area contributed by atoms with Crippen molar-refractivity contribution in [3.63, 3.8) is 0 Å². The van der Waals surface area contributed by atoms with Crippen LogP contribution in [0, 0.1) is 0 Å². The third kappa shape index (κ3) is 0.487. The van der Waals surface area contributed by atoms with E-state index in [0.717, 1.165) is 0 Å². The van der Waals surface area contributed by atoms with Gasteiger partial charge in [0, 0.05) is 11.6 Å². The minimum absolute atomic E-state index is 0.355. The molecule has 0 aromatic rings. The largest absolute Gasteiger partial charge is 0.366 e. The third-order valence-corrected chi connectivity index (χ3v) is 3.28. The molecule has 0 aromatic carbocycles. The Kier molecular flexibility index (Phi) is 0.783. The van der Waals surface area contributed by atoms with E-state index in [1.807, 2.05) is 0 Å². The lowest BCUT2D eigenvalue weighted by atomic mass is 9.92. The van der Waals surface area contributed by atoms with Crippen molar-refractivity contribution in [3.8, 4) is 0 Å². The molecule has 2 bridgehead atoms. The predicted molar refractivity (Wildman–Crippen MR) is 37.8 cm³/mol. The number of hydrogen-bond acceptors (Lipinski definition) is 2. The second kappa shape index (κ2) is 1.41. The van der Waals surface area contributed by atoms with Crippen molar-refractivity contribution in [2.24, 2.45) is 0 Å². The van der Waals surface area contributed by atoms with Gasteiger partial charge in [-0.3, -0.25) is 0 Å². The molecular weight excluding hydrogens is 126 g/mol. The average Bonchev–Trinajstić information content (AvgIpc) is 2.61. The Morgan fingerprint density at radius 3 is 3.20 bits per heavy atom. The van der Waals surface area contributed by atoms with Crippen LogP contribution in [0.25, 0.3) is 0 Å². The van der Waals surface area contributed by atoms with Gasteiger partial charge in [-0.05, 0) is 26.2 Å². The van der Waals surface area contributed by atoms with Gasteiger partial charge in [0.05, 0.1) is 0 Å². The molecule has 0 radical (unpaired) electrons. The zero-order valence-electron chi connectivity index (χ0n) is 6.26. The quantitative estimate of drug-likeness (QED) is 0.499. The number of nitrogens with one attached hydrogen (secondary N) is 1. The molecule has 1 N–H and O–H groups in total. The molecule has 0 amide bonds. The predicted octanol–water partition coefficient (Wildman–Crippen LogP) is 0.668. The van der Waals surface area contributed by atoms with E-state index in [1.54, 1.807) is 0 Å². The maximum atomic E-state index is 5.56. The number of ether oxygens (including phenoxy) is 1. The summed E-state index contributed by atoms with van der Waals surface area (Å²) in [5, 5.41) is 3.64. The summed E-state index contributed by atoms with van der Waals surface area (Å²) < 4.78 is 5.56. The van der Waals surface area contributed by atoms with Crippen LogP contribution in [0.1, 0.15) is 26.2 Å². The zero-order chi connectivity index (χ0) is 6.77. The number of epoxide rings is 1. The summed E-state index contributed by atoms with van der Waals surface area (Å²) in [4.78, 5) is 0. The smallest absolute Gasteiger partial charge is 0.104 e. The zero-order valence-corrected chi connectivity index (χ0v) is 6.26. The molecule has 56 valence electrons. The van der Waals surface area contributed by atoms with E-state index in [2.05, 4.69) is 12.2 Å². The van der Waals surface area contributed by atoms with Crippen LogP contribution in [0.5, 0.6) is 0 Å². The molecule has 0 saturated carbocycles. The summed E-state index contributed by atoms with van der Waals surface area (Å²) in [5.41, 5.74) is 0.355. The second-order valence-corrected chi connectivity index (χ2v) is 4.08. The summed E-state index contributed by atoms with van der Waals surface area (Å²) in [5.74, 6) is 0. The first-order valence-corrected chi connectivity index (χ1v) is 4.23. The van der Waals surface area contributed by atoms with E-state index in [9.17, 15) is 0 Å². The molecular formula is C8H13NO. The fraction of sp³-hybridized carbons (Fsp3) is 1.00. The average molecular weight is 139 g/mol. The first kappa shape index (κ1) is 5.56. The van der Waals surface area contributed by atoms with Crippen molar-refractivity contribution in [3.05, 3.63) is 0 Å². The van der Waals surface area contributed by atoms with Gasteiger partial charge in [-0.2, -0.15) is 0 Å². The van der Waals surface area contributed by atoms with Crippen LogP contribution in [0.4, 0.5) is 0 Å². The van der Waals surface area contributed by atoms with Gasteiger partial charge in [-0.25, -0.2) is 0 Å². The highest BCUT2D eigenvalue weighted by Crippen LogP contribution is 2.48. The number of morpholine rings is 1. The molecule has 4 atom stereocenters. The molecule has 2 heteroatoms. The van der Waals surface area contributed by atoms with Gasteiger partial charge >= 0.3 is 0 Å². The van der Waals surface area contributed by atoms with E-state index < -0.39 is 0 Å². The Hall–Kier alpha value is -0.0800. The molecule has 0 aliphatic carbocycles. The molecule has 3 saturated heterocycles. The van der Waals surface area contributed by atoms with Gasteiger partial charge in [0.25, 0.3) is 0 Å². The van der Waals surface area contributed by atoms with Crippen LogP contribution in [0.3, 0.4) is 0 Å². The SMILES string of the molecule is CC12CCCC(N1)C1OC12. The van der Waals surface area contributed by atoms with Crippen LogP contribution in [0.2, 0.25) is 0 Å². The highest BCUT2D eigenvalue weighted by molar-refractivity contribution is 5.18. The van der Waals surface area contributed by atoms with Gasteiger partial charge in [0.2, 0.25) is 0 Å². The number of hydrogen-bond donors (Lipinski definition) is 1. The normalized spacial score (nSPS) is 63.9. The fourth-order valence-corrected chi connectivity index (χ4v) is 2.67. The lowest BCUT2D eigenvalue weighted by molar-refractivity contribution is 0.147. The summed E-state index contributed by atoms with van der Waals surface area (Å²) in [6.45, 7) is 2.30. The van der Waals surface area contributed by atoms with Crippen LogP contribution in [0.15, 0.2) is 0 Å². The number of rotatable bonds is 0. The van der Waals surface area contributed by atoms with Crippen LogP contribution >= 0.6 is 0 Å². The summed E-state index contributed by atoms with van der Waals surface area (Å²) in [6.07, 6.45) is 5.19. The van der Waals surface area contributed by atoms with Gasteiger partial charge < -0.3 is 10.1 Å². The van der Waals surface area contributed by atoms with Crippen molar-refractivity contribution in [1.29, 1.82) is 0 Å². The Bertz CT molecular complexity index is 180. The maximum Gasteiger partial charge on any atom is 0.104 e. The highest BCUT2D eigenvalue weighted by atomic mass is 16.6. The second-order valence-electron chi connectivity index (χ2n) is 4.08. The van der Waals surface area contributed by atoms with Gasteiger partial charge in [-0.1, -0.05) is 0 Å². The minimum Gasteiger partial charge on any atom is -0.366 e. The lowest BCUT2D eigenvalue weighted by Gasteiger charge is -2.33. The van der Waals surface area contributed by atoms with Crippen molar-refractivity contribution >= 4 is 0 Å². The van der Waals surface area contributed by atoms with Gasteiger partial charge in [0.15, 0.2) is 0 Å². The monoisotopic (exact) mass is 139 g/mol. The molecule has 3 heterocycles. The summed E-state index contributed by atoms with van der Waals surface area (Å²) in [7, 11) is 0. The van der Waals surface area contributed by atoms with Crippen molar-refractivity contribution in [1.82, 2.24) is 5.32 Å². The Balaban J connectivity index is 1.98. The van der Waals surface area contributed by atoms with E-state index in [0.29, 0.717) is 23.8 Å². The van der Waals surface area contributed by atoms with Gasteiger partial charge in [-0.15, -0.1) is 0 Å². The molecule has 3 fully saturated rings. The Morgan fingerprint density at radius 2 is 2.50 bits per heavy atom. The third-order valence-electron chi connectivity index (χ3n) is 3.28. The lowest BCUT2D eigenvalue weighted by Crippen LogP contribution is -2.49. The molecule has 3 aliphatic rings. The van der Waals surface area contributed by atoms with E-state index in [4.69, 9.17) is 4.74 Å². The molecule has 3 rings (SSSR count).